The summed E-state index contributed by atoms with van der Waals surface area (Å²) in [6, 6.07) is -0.440. The Balaban J connectivity index is 2.91. The standard InChI is InChI=1S/C12H18N2O4S/c1-6(15)5-14(4)12(18)13-10-9(11(16)17)7(2)8(3)19-10/h6,15H,5H2,1-4H3,(H,13,18)(H,16,17). The minimum absolute atomic E-state index is 0.126. The van der Waals surface area contributed by atoms with Crippen LogP contribution in [0.15, 0.2) is 0 Å². The molecule has 0 bridgehead atoms. The molecule has 1 aromatic heterocycles. The molecular weight excluding hydrogens is 268 g/mol. The molecule has 0 aromatic carbocycles. The van der Waals surface area contributed by atoms with E-state index >= 15 is 0 Å². The van der Waals surface area contributed by atoms with E-state index in [0.717, 1.165) is 4.88 Å². The fourth-order valence-corrected chi connectivity index (χ4v) is 2.69. The summed E-state index contributed by atoms with van der Waals surface area (Å²) in [5.41, 5.74) is 0.785. The molecule has 1 rings (SSSR count). The van der Waals surface area contributed by atoms with Gasteiger partial charge in [0.1, 0.15) is 5.00 Å². The van der Waals surface area contributed by atoms with Crippen LogP contribution in [0, 0.1) is 13.8 Å². The van der Waals surface area contributed by atoms with Gasteiger partial charge in [0.2, 0.25) is 0 Å². The van der Waals surface area contributed by atoms with Crippen molar-refractivity contribution >= 4 is 28.3 Å². The topological polar surface area (TPSA) is 89.9 Å². The average Bonchev–Trinajstić information content (AvgIpc) is 2.53. The Morgan fingerprint density at radius 2 is 2.00 bits per heavy atom. The first-order chi connectivity index (χ1) is 8.73. The van der Waals surface area contributed by atoms with Gasteiger partial charge in [-0.15, -0.1) is 11.3 Å². The molecule has 0 fully saturated rings. The highest BCUT2D eigenvalue weighted by Gasteiger charge is 2.21. The van der Waals surface area contributed by atoms with E-state index in [9.17, 15) is 14.7 Å². The van der Waals surface area contributed by atoms with Crippen LogP contribution in [0.25, 0.3) is 0 Å². The molecule has 6 nitrogen and oxygen atoms in total. The zero-order valence-corrected chi connectivity index (χ0v) is 12.2. The molecule has 0 aliphatic carbocycles. The van der Waals surface area contributed by atoms with E-state index in [1.165, 1.54) is 23.3 Å². The molecule has 0 aliphatic heterocycles. The minimum Gasteiger partial charge on any atom is -0.478 e. The van der Waals surface area contributed by atoms with Crippen LogP contribution in [0.1, 0.15) is 27.7 Å². The van der Waals surface area contributed by atoms with Gasteiger partial charge in [-0.2, -0.15) is 0 Å². The van der Waals surface area contributed by atoms with Crippen molar-refractivity contribution in [1.29, 1.82) is 0 Å². The lowest BCUT2D eigenvalue weighted by molar-refractivity contribution is 0.0697. The second-order valence-electron chi connectivity index (χ2n) is 4.45. The van der Waals surface area contributed by atoms with E-state index in [1.807, 2.05) is 6.92 Å². The van der Waals surface area contributed by atoms with Crippen molar-refractivity contribution in [2.24, 2.45) is 0 Å². The van der Waals surface area contributed by atoms with Gasteiger partial charge in [-0.05, 0) is 26.3 Å². The van der Waals surface area contributed by atoms with Crippen LogP contribution >= 0.6 is 11.3 Å². The number of aliphatic hydroxyl groups excluding tert-OH is 1. The number of carboxylic acids is 1. The van der Waals surface area contributed by atoms with E-state index in [2.05, 4.69) is 5.32 Å². The van der Waals surface area contributed by atoms with Crippen molar-refractivity contribution in [1.82, 2.24) is 4.90 Å². The zero-order valence-electron chi connectivity index (χ0n) is 11.4. The smallest absolute Gasteiger partial charge is 0.338 e. The summed E-state index contributed by atoms with van der Waals surface area (Å²) in [6.07, 6.45) is -0.637. The van der Waals surface area contributed by atoms with E-state index in [1.54, 1.807) is 13.8 Å². The molecule has 3 N–H and O–H groups in total. The SMILES string of the molecule is Cc1sc(NC(=O)N(C)CC(C)O)c(C(=O)O)c1C. The van der Waals surface area contributed by atoms with Crippen molar-refractivity contribution in [3.05, 3.63) is 16.0 Å². The third kappa shape index (κ3) is 3.68. The van der Waals surface area contributed by atoms with Gasteiger partial charge in [-0.1, -0.05) is 0 Å². The summed E-state index contributed by atoms with van der Waals surface area (Å²) in [5, 5.41) is 21.3. The molecule has 0 radical (unpaired) electrons. The molecule has 2 amide bonds. The largest absolute Gasteiger partial charge is 0.478 e. The van der Waals surface area contributed by atoms with Crippen LogP contribution in [0.5, 0.6) is 0 Å². The highest BCUT2D eigenvalue weighted by molar-refractivity contribution is 7.16. The van der Waals surface area contributed by atoms with Gasteiger partial charge in [0.05, 0.1) is 11.7 Å². The molecule has 1 atom stereocenters. The number of aryl methyl sites for hydroxylation is 1. The quantitative estimate of drug-likeness (QED) is 0.788. The fraction of sp³-hybridized carbons (Fsp3) is 0.500. The predicted molar refractivity (Wildman–Crippen MR) is 74.1 cm³/mol. The number of carbonyl (C=O) groups is 2. The summed E-state index contributed by atoms with van der Waals surface area (Å²) < 4.78 is 0. The summed E-state index contributed by atoms with van der Waals surface area (Å²) >= 11 is 1.23. The maximum Gasteiger partial charge on any atom is 0.338 e. The summed E-state index contributed by atoms with van der Waals surface area (Å²) in [7, 11) is 1.54. The second-order valence-corrected chi connectivity index (χ2v) is 5.68. The van der Waals surface area contributed by atoms with Crippen LogP contribution in [0.4, 0.5) is 9.80 Å². The number of anilines is 1. The molecule has 0 saturated heterocycles. The molecule has 1 aromatic rings. The number of nitrogens with one attached hydrogen (secondary N) is 1. The molecule has 0 spiro atoms. The van der Waals surface area contributed by atoms with Crippen molar-refractivity contribution in [3.8, 4) is 0 Å². The summed E-state index contributed by atoms with van der Waals surface area (Å²) in [6.45, 7) is 5.27. The highest BCUT2D eigenvalue weighted by atomic mass is 32.1. The van der Waals surface area contributed by atoms with Gasteiger partial charge in [0, 0.05) is 18.5 Å². The Bertz CT molecular complexity index is 496. The molecule has 0 aliphatic rings. The number of aromatic carboxylic acids is 1. The number of amides is 2. The first kappa shape index (κ1) is 15.5. The van der Waals surface area contributed by atoms with Crippen LogP contribution in [0.2, 0.25) is 0 Å². The number of nitrogens with zero attached hydrogens (tertiary/aromatic N) is 1. The molecular formula is C12H18N2O4S. The monoisotopic (exact) mass is 286 g/mol. The first-order valence-electron chi connectivity index (χ1n) is 5.77. The van der Waals surface area contributed by atoms with Crippen LogP contribution < -0.4 is 5.32 Å². The Kier molecular flexibility index (Phi) is 4.90. The Morgan fingerprint density at radius 3 is 2.47 bits per heavy atom. The van der Waals surface area contributed by atoms with E-state index in [4.69, 9.17) is 5.11 Å². The minimum atomic E-state index is -1.06. The zero-order chi connectivity index (χ0) is 14.7. The third-order valence-electron chi connectivity index (χ3n) is 2.70. The van der Waals surface area contributed by atoms with Crippen molar-refractivity contribution in [3.63, 3.8) is 0 Å². The number of hydrogen-bond acceptors (Lipinski definition) is 4. The number of rotatable bonds is 4. The van der Waals surface area contributed by atoms with Gasteiger partial charge in [0.25, 0.3) is 0 Å². The number of carboxylic acid groups (broad SMARTS) is 1. The second kappa shape index (κ2) is 6.03. The van der Waals surface area contributed by atoms with E-state index in [-0.39, 0.29) is 12.1 Å². The average molecular weight is 286 g/mol. The van der Waals surface area contributed by atoms with Gasteiger partial charge < -0.3 is 15.1 Å². The Hall–Kier alpha value is -1.60. The Labute approximate surface area is 115 Å². The number of likely N-dealkylation sites (N-methyl/N-ethyl adjacent to an activating group) is 1. The van der Waals surface area contributed by atoms with Crippen molar-refractivity contribution in [2.45, 2.75) is 26.9 Å². The van der Waals surface area contributed by atoms with Gasteiger partial charge in [0.15, 0.2) is 0 Å². The van der Waals surface area contributed by atoms with E-state index in [0.29, 0.717) is 10.6 Å². The lowest BCUT2D eigenvalue weighted by Gasteiger charge is -2.19. The molecule has 7 heteroatoms. The highest BCUT2D eigenvalue weighted by Crippen LogP contribution is 2.32. The summed E-state index contributed by atoms with van der Waals surface area (Å²) in [5.74, 6) is -1.06. The fourth-order valence-electron chi connectivity index (χ4n) is 1.64. The maximum absolute atomic E-state index is 11.9. The van der Waals surface area contributed by atoms with Gasteiger partial charge in [-0.25, -0.2) is 9.59 Å². The molecule has 106 valence electrons. The third-order valence-corrected chi connectivity index (χ3v) is 3.83. The lowest BCUT2D eigenvalue weighted by Crippen LogP contribution is -2.36. The predicted octanol–water partition coefficient (Wildman–Crippen LogP) is 1.91. The van der Waals surface area contributed by atoms with Crippen molar-refractivity contribution in [2.75, 3.05) is 18.9 Å². The number of carbonyl (C=O) groups excluding carboxylic acids is 1. The number of thiophene rings is 1. The number of aliphatic hydroxyl groups is 1. The van der Waals surface area contributed by atoms with E-state index < -0.39 is 18.1 Å². The first-order valence-corrected chi connectivity index (χ1v) is 6.59. The Morgan fingerprint density at radius 1 is 1.42 bits per heavy atom. The molecule has 1 unspecified atom stereocenters. The van der Waals surface area contributed by atoms with Crippen molar-refractivity contribution < 1.29 is 19.8 Å². The van der Waals surface area contributed by atoms with Crippen LogP contribution in [-0.2, 0) is 0 Å². The van der Waals surface area contributed by atoms with Gasteiger partial charge >= 0.3 is 12.0 Å². The maximum atomic E-state index is 11.9. The van der Waals surface area contributed by atoms with Crippen LogP contribution in [0.3, 0.4) is 0 Å². The molecule has 19 heavy (non-hydrogen) atoms. The number of urea groups is 1. The number of hydrogen-bond donors (Lipinski definition) is 3. The molecule has 1 heterocycles. The lowest BCUT2D eigenvalue weighted by atomic mass is 10.1. The van der Waals surface area contributed by atoms with Gasteiger partial charge in [-0.3, -0.25) is 5.32 Å². The molecule has 0 saturated carbocycles. The normalized spacial score (nSPS) is 12.1. The summed E-state index contributed by atoms with van der Waals surface area (Å²) in [4.78, 5) is 25.2. The van der Waals surface area contributed by atoms with Crippen LogP contribution in [-0.4, -0.2) is 46.8 Å².